The van der Waals surface area contributed by atoms with Crippen molar-refractivity contribution < 1.29 is 46.6 Å². The molecule has 2 N–H and O–H groups in total. The molecule has 0 saturated carbocycles. The maximum atomic E-state index is 13.3. The normalized spacial score (nSPS) is 14.4. The van der Waals surface area contributed by atoms with Crippen LogP contribution in [-0.4, -0.2) is 56.8 Å². The molecule has 0 saturated heterocycles. The van der Waals surface area contributed by atoms with Gasteiger partial charge in [-0.2, -0.15) is 13.2 Å². The van der Waals surface area contributed by atoms with Gasteiger partial charge in [-0.15, -0.1) is 0 Å². The lowest BCUT2D eigenvalue weighted by atomic mass is 10.4. The van der Waals surface area contributed by atoms with E-state index in [4.69, 9.17) is 4.74 Å². The van der Waals surface area contributed by atoms with Gasteiger partial charge in [-0.05, 0) is 32.9 Å². The Labute approximate surface area is 169 Å². The predicted molar refractivity (Wildman–Crippen MR) is 97.7 cm³/mol. The quantitative estimate of drug-likeness (QED) is 0.251. The van der Waals surface area contributed by atoms with Gasteiger partial charge in [-0.1, -0.05) is 30.0 Å². The van der Waals surface area contributed by atoms with Crippen molar-refractivity contribution >= 4 is 31.2 Å². The van der Waals surface area contributed by atoms with E-state index in [1.165, 1.54) is 45.0 Å². The third-order valence-electron chi connectivity index (χ3n) is 3.17. The first-order chi connectivity index (χ1) is 13.2. The van der Waals surface area contributed by atoms with Gasteiger partial charge in [0.25, 0.3) is 0 Å². The Morgan fingerprint density at radius 1 is 1.21 bits per heavy atom. The van der Waals surface area contributed by atoms with Crippen LogP contribution in [0.3, 0.4) is 0 Å². The molecule has 1 amide bonds. The van der Waals surface area contributed by atoms with Crippen molar-refractivity contribution in [3.8, 4) is 0 Å². The van der Waals surface area contributed by atoms with E-state index in [0.29, 0.717) is 0 Å². The molecular formula is C16H21F3NO7PS. The van der Waals surface area contributed by atoms with E-state index in [2.05, 4.69) is 4.74 Å². The number of hydrogen-bond donors (Lipinski definition) is 2. The number of carbonyl (C=O) groups excluding carboxylic acids is 2. The van der Waals surface area contributed by atoms with Crippen LogP contribution in [0.1, 0.15) is 20.8 Å². The summed E-state index contributed by atoms with van der Waals surface area (Å²) in [5.41, 5.74) is 0. The molecule has 8 nitrogen and oxygen atoms in total. The molecular weight excluding hydrogens is 438 g/mol. The number of hydrogen-bond acceptors (Lipinski definition) is 6. The van der Waals surface area contributed by atoms with Crippen LogP contribution in [0.25, 0.3) is 0 Å². The molecule has 1 unspecified atom stereocenters. The van der Waals surface area contributed by atoms with Gasteiger partial charge >= 0.3 is 30.4 Å². The Morgan fingerprint density at radius 3 is 2.17 bits per heavy atom. The number of nitrogens with zero attached hydrogens (tertiary/aromatic N) is 1. The SMILES string of the molecule is CCOC(=O)CN(C(=O)C(F)(F)F)C(OC(C)C)(Sc1ccccc1)P(=O)(O)O. The molecule has 0 fully saturated rings. The Hall–Kier alpha value is -1.59. The summed E-state index contributed by atoms with van der Waals surface area (Å²) in [6.45, 7) is 2.41. The zero-order chi connectivity index (χ0) is 22.5. The number of rotatable bonds is 9. The third-order valence-corrected chi connectivity index (χ3v) is 6.33. The maximum absolute atomic E-state index is 13.3. The van der Waals surface area contributed by atoms with Crippen LogP contribution in [-0.2, 0) is 23.6 Å². The van der Waals surface area contributed by atoms with E-state index in [1.54, 1.807) is 6.07 Å². The summed E-state index contributed by atoms with van der Waals surface area (Å²) in [6, 6.07) is 7.25. The van der Waals surface area contributed by atoms with E-state index < -0.39 is 43.1 Å². The smallest absolute Gasteiger partial charge is 0.465 e. The number of esters is 1. The van der Waals surface area contributed by atoms with Gasteiger partial charge in [0.15, 0.2) is 0 Å². The van der Waals surface area contributed by atoms with Crippen LogP contribution in [0.15, 0.2) is 35.2 Å². The fraction of sp³-hybridized carbons (Fsp3) is 0.500. The van der Waals surface area contributed by atoms with E-state index in [-0.39, 0.29) is 28.2 Å². The van der Waals surface area contributed by atoms with Crippen molar-refractivity contribution in [1.82, 2.24) is 4.90 Å². The fourth-order valence-corrected chi connectivity index (χ4v) is 4.88. The van der Waals surface area contributed by atoms with Crippen molar-refractivity contribution in [2.75, 3.05) is 13.2 Å². The van der Waals surface area contributed by atoms with Crippen molar-refractivity contribution in [2.24, 2.45) is 0 Å². The van der Waals surface area contributed by atoms with Gasteiger partial charge in [-0.3, -0.25) is 19.1 Å². The first kappa shape index (κ1) is 25.4. The minimum atomic E-state index is -5.64. The lowest BCUT2D eigenvalue weighted by molar-refractivity contribution is -0.200. The number of halogens is 3. The van der Waals surface area contributed by atoms with E-state index in [0.717, 1.165) is 0 Å². The molecule has 0 spiro atoms. The van der Waals surface area contributed by atoms with Crippen LogP contribution < -0.4 is 0 Å². The standard InChI is InChI=1S/C16H21F3NO7PS/c1-4-26-13(21)10-20(14(22)15(17,18)19)16(27-11(2)3,28(23,24)25)29-12-8-6-5-7-9-12/h5-9,11H,4,10H2,1-3H3,(H2,23,24,25). The first-order valence-electron chi connectivity index (χ1n) is 8.26. The summed E-state index contributed by atoms with van der Waals surface area (Å²) in [5.74, 6) is -3.94. The van der Waals surface area contributed by atoms with E-state index in [1.807, 2.05) is 0 Å². The first-order valence-corrected chi connectivity index (χ1v) is 10.7. The summed E-state index contributed by atoms with van der Waals surface area (Å²) in [4.78, 5) is 40.7. The summed E-state index contributed by atoms with van der Waals surface area (Å²) in [7, 11) is -5.64. The van der Waals surface area contributed by atoms with Gasteiger partial charge in [0.1, 0.15) is 6.54 Å². The second-order valence-electron chi connectivity index (χ2n) is 5.87. The molecule has 29 heavy (non-hydrogen) atoms. The van der Waals surface area contributed by atoms with Gasteiger partial charge in [-0.25, -0.2) is 0 Å². The molecule has 0 radical (unpaired) electrons. The minimum Gasteiger partial charge on any atom is -0.465 e. The third kappa shape index (κ3) is 6.71. The summed E-state index contributed by atoms with van der Waals surface area (Å²) < 4.78 is 62.1. The van der Waals surface area contributed by atoms with Gasteiger partial charge in [0.2, 0.25) is 0 Å². The van der Waals surface area contributed by atoms with Gasteiger partial charge < -0.3 is 19.3 Å². The molecule has 164 valence electrons. The summed E-state index contributed by atoms with van der Waals surface area (Å²) in [6.07, 6.45) is -6.56. The molecule has 0 aliphatic heterocycles. The zero-order valence-electron chi connectivity index (χ0n) is 15.8. The van der Waals surface area contributed by atoms with Crippen LogP contribution in [0.5, 0.6) is 0 Å². The number of carbonyl (C=O) groups is 2. The molecule has 0 aliphatic carbocycles. The Morgan fingerprint density at radius 2 is 1.76 bits per heavy atom. The maximum Gasteiger partial charge on any atom is 0.471 e. The average molecular weight is 459 g/mol. The molecule has 1 aromatic carbocycles. The Balaban J connectivity index is 3.69. The highest BCUT2D eigenvalue weighted by Gasteiger charge is 2.61. The molecule has 0 heterocycles. The molecule has 1 aromatic rings. The van der Waals surface area contributed by atoms with Crippen LogP contribution >= 0.6 is 19.4 Å². The molecule has 0 bridgehead atoms. The van der Waals surface area contributed by atoms with Crippen molar-refractivity contribution in [3.05, 3.63) is 30.3 Å². The van der Waals surface area contributed by atoms with Crippen LogP contribution in [0.2, 0.25) is 0 Å². The Bertz CT molecular complexity index is 757. The minimum absolute atomic E-state index is 0.0975. The topological polar surface area (TPSA) is 113 Å². The lowest BCUT2D eigenvalue weighted by Crippen LogP contribution is -2.57. The highest BCUT2D eigenvalue weighted by Crippen LogP contribution is 2.62. The molecule has 1 rings (SSSR count). The second-order valence-corrected chi connectivity index (χ2v) is 9.09. The number of ether oxygens (including phenoxy) is 2. The monoisotopic (exact) mass is 459 g/mol. The van der Waals surface area contributed by atoms with E-state index >= 15 is 0 Å². The van der Waals surface area contributed by atoms with Gasteiger partial charge in [0, 0.05) is 4.90 Å². The molecule has 0 aliphatic rings. The summed E-state index contributed by atoms with van der Waals surface area (Å²) >= 11 is 0.196. The van der Waals surface area contributed by atoms with Crippen molar-refractivity contribution in [2.45, 2.75) is 42.7 Å². The lowest BCUT2D eigenvalue weighted by Gasteiger charge is -2.42. The fourth-order valence-electron chi connectivity index (χ4n) is 2.17. The van der Waals surface area contributed by atoms with Crippen LogP contribution in [0, 0.1) is 0 Å². The largest absolute Gasteiger partial charge is 0.471 e. The molecule has 13 heteroatoms. The van der Waals surface area contributed by atoms with Crippen molar-refractivity contribution in [1.29, 1.82) is 0 Å². The number of thioether (sulfide) groups is 1. The zero-order valence-corrected chi connectivity index (χ0v) is 17.5. The molecule has 1 atom stereocenters. The number of benzene rings is 1. The van der Waals surface area contributed by atoms with Crippen LogP contribution in [0.4, 0.5) is 13.2 Å². The Kier molecular flexibility index (Phi) is 8.73. The number of alkyl halides is 3. The van der Waals surface area contributed by atoms with Gasteiger partial charge in [0.05, 0.1) is 12.7 Å². The second kappa shape index (κ2) is 9.94. The highest BCUT2D eigenvalue weighted by molar-refractivity contribution is 8.06. The molecule has 0 aromatic heterocycles. The van der Waals surface area contributed by atoms with Crippen molar-refractivity contribution in [3.63, 3.8) is 0 Å². The summed E-state index contributed by atoms with van der Waals surface area (Å²) in [5, 5.41) is 0. The highest BCUT2D eigenvalue weighted by atomic mass is 32.2. The average Bonchev–Trinajstić information content (AvgIpc) is 2.57. The predicted octanol–water partition coefficient (Wildman–Crippen LogP) is 2.95. The van der Waals surface area contributed by atoms with E-state index in [9.17, 15) is 37.1 Å². The number of amides is 1.